The Bertz CT molecular complexity index is 344. The lowest BCUT2D eigenvalue weighted by Gasteiger charge is -2.38. The molecule has 2 atom stereocenters. The molecule has 0 aromatic heterocycles. The van der Waals surface area contributed by atoms with Crippen molar-refractivity contribution in [3.63, 3.8) is 0 Å². The van der Waals surface area contributed by atoms with E-state index in [1.165, 1.54) is 0 Å². The molecular formula is C14H22N2O2. The van der Waals surface area contributed by atoms with E-state index in [0.29, 0.717) is 18.4 Å². The third-order valence-corrected chi connectivity index (χ3v) is 4.27. The van der Waals surface area contributed by atoms with Gasteiger partial charge >= 0.3 is 6.09 Å². The number of likely N-dealkylation sites (tertiary alicyclic amines) is 1. The van der Waals surface area contributed by atoms with Gasteiger partial charge in [0, 0.05) is 13.1 Å². The van der Waals surface area contributed by atoms with Crippen LogP contribution in [0.3, 0.4) is 0 Å². The zero-order valence-electron chi connectivity index (χ0n) is 11.3. The molecule has 2 rings (SSSR count). The number of carbonyl (C=O) groups is 1. The Kier molecular flexibility index (Phi) is 4.11. The standard InChI is InChI=1S/C14H22N2O2/c1-10(2)13-6-7-16(9-11(13)8-15)14(17)18-12-4-3-5-12/h10-13H,3-7,9H2,1-2H3. The SMILES string of the molecule is CC(C)C1CCN(C(=O)OC2CCC2)CC1C#N. The molecule has 0 spiro atoms. The summed E-state index contributed by atoms with van der Waals surface area (Å²) in [5.74, 6) is 0.856. The van der Waals surface area contributed by atoms with Crippen LogP contribution in [0.4, 0.5) is 4.79 Å². The highest BCUT2D eigenvalue weighted by molar-refractivity contribution is 5.68. The Balaban J connectivity index is 1.88. The molecule has 1 saturated carbocycles. The summed E-state index contributed by atoms with van der Waals surface area (Å²) in [5.41, 5.74) is 0. The normalized spacial score (nSPS) is 28.7. The van der Waals surface area contributed by atoms with Gasteiger partial charge in [-0.3, -0.25) is 0 Å². The van der Waals surface area contributed by atoms with Crippen molar-refractivity contribution in [2.75, 3.05) is 13.1 Å². The predicted molar refractivity (Wildman–Crippen MR) is 67.7 cm³/mol. The molecule has 0 N–H and O–H groups in total. The molecule has 100 valence electrons. The van der Waals surface area contributed by atoms with Gasteiger partial charge in [0.2, 0.25) is 0 Å². The lowest BCUT2D eigenvalue weighted by molar-refractivity contribution is 0.0138. The summed E-state index contributed by atoms with van der Waals surface area (Å²) in [5, 5.41) is 9.22. The average molecular weight is 250 g/mol. The first-order valence-corrected chi connectivity index (χ1v) is 6.97. The second-order valence-electron chi connectivity index (χ2n) is 5.81. The van der Waals surface area contributed by atoms with Crippen molar-refractivity contribution < 1.29 is 9.53 Å². The molecule has 1 saturated heterocycles. The van der Waals surface area contributed by atoms with E-state index in [4.69, 9.17) is 4.74 Å². The molecule has 1 heterocycles. The largest absolute Gasteiger partial charge is 0.446 e. The Hall–Kier alpha value is -1.24. The Morgan fingerprint density at radius 1 is 1.39 bits per heavy atom. The number of ether oxygens (including phenoxy) is 1. The topological polar surface area (TPSA) is 53.3 Å². The van der Waals surface area contributed by atoms with Gasteiger partial charge < -0.3 is 9.64 Å². The number of piperidine rings is 1. The molecular weight excluding hydrogens is 228 g/mol. The minimum absolute atomic E-state index is 0.0484. The van der Waals surface area contributed by atoms with Gasteiger partial charge in [0.05, 0.1) is 12.0 Å². The zero-order valence-corrected chi connectivity index (χ0v) is 11.3. The first-order chi connectivity index (χ1) is 8.61. The Morgan fingerprint density at radius 2 is 2.11 bits per heavy atom. The molecule has 0 aromatic carbocycles. The van der Waals surface area contributed by atoms with Crippen molar-refractivity contribution in [2.45, 2.75) is 45.6 Å². The van der Waals surface area contributed by atoms with Crippen molar-refractivity contribution >= 4 is 6.09 Å². The number of nitrogens with zero attached hydrogens (tertiary/aromatic N) is 2. The van der Waals surface area contributed by atoms with E-state index < -0.39 is 0 Å². The fourth-order valence-electron chi connectivity index (χ4n) is 2.78. The van der Waals surface area contributed by atoms with E-state index >= 15 is 0 Å². The minimum Gasteiger partial charge on any atom is -0.446 e. The van der Waals surface area contributed by atoms with Crippen molar-refractivity contribution in [1.82, 2.24) is 4.90 Å². The van der Waals surface area contributed by atoms with Crippen LogP contribution in [-0.4, -0.2) is 30.2 Å². The molecule has 0 bridgehead atoms. The summed E-state index contributed by atoms with van der Waals surface area (Å²) in [7, 11) is 0. The van der Waals surface area contributed by atoms with Crippen molar-refractivity contribution in [3.05, 3.63) is 0 Å². The molecule has 2 fully saturated rings. The van der Waals surface area contributed by atoms with Gasteiger partial charge in [0.25, 0.3) is 0 Å². The molecule has 1 aliphatic heterocycles. The van der Waals surface area contributed by atoms with Crippen LogP contribution in [-0.2, 0) is 4.74 Å². The van der Waals surface area contributed by atoms with E-state index in [9.17, 15) is 10.1 Å². The maximum absolute atomic E-state index is 11.9. The predicted octanol–water partition coefficient (Wildman–Crippen LogP) is 2.79. The highest BCUT2D eigenvalue weighted by Gasteiger charge is 2.35. The fraction of sp³-hybridized carbons (Fsp3) is 0.857. The number of carbonyl (C=O) groups excluding carboxylic acids is 1. The van der Waals surface area contributed by atoms with Gasteiger partial charge in [-0.25, -0.2) is 4.79 Å². The molecule has 4 nitrogen and oxygen atoms in total. The summed E-state index contributed by atoms with van der Waals surface area (Å²) in [4.78, 5) is 13.6. The molecule has 1 amide bonds. The van der Waals surface area contributed by atoms with Crippen LogP contribution in [0.15, 0.2) is 0 Å². The Morgan fingerprint density at radius 3 is 2.61 bits per heavy atom. The van der Waals surface area contributed by atoms with Crippen molar-refractivity contribution in [3.8, 4) is 6.07 Å². The monoisotopic (exact) mass is 250 g/mol. The van der Waals surface area contributed by atoms with Gasteiger partial charge in [0.15, 0.2) is 0 Å². The van der Waals surface area contributed by atoms with Gasteiger partial charge in [0.1, 0.15) is 6.10 Å². The van der Waals surface area contributed by atoms with E-state index in [1.807, 2.05) is 0 Å². The highest BCUT2D eigenvalue weighted by atomic mass is 16.6. The zero-order chi connectivity index (χ0) is 13.1. The maximum Gasteiger partial charge on any atom is 0.410 e. The van der Waals surface area contributed by atoms with Crippen LogP contribution in [0, 0.1) is 29.1 Å². The van der Waals surface area contributed by atoms with Crippen molar-refractivity contribution in [2.24, 2.45) is 17.8 Å². The molecule has 2 unspecified atom stereocenters. The summed E-state index contributed by atoms with van der Waals surface area (Å²) < 4.78 is 5.39. The number of amides is 1. The molecule has 2 aliphatic rings. The van der Waals surface area contributed by atoms with Crippen LogP contribution in [0.2, 0.25) is 0 Å². The van der Waals surface area contributed by atoms with E-state index in [2.05, 4.69) is 19.9 Å². The molecule has 0 radical (unpaired) electrons. The number of hydrogen-bond acceptors (Lipinski definition) is 3. The smallest absolute Gasteiger partial charge is 0.410 e. The second-order valence-corrected chi connectivity index (χ2v) is 5.81. The van der Waals surface area contributed by atoms with Gasteiger partial charge in [-0.2, -0.15) is 5.26 Å². The molecule has 1 aliphatic carbocycles. The lowest BCUT2D eigenvalue weighted by Crippen LogP contribution is -2.46. The van der Waals surface area contributed by atoms with Gasteiger partial charge in [-0.1, -0.05) is 13.8 Å². The van der Waals surface area contributed by atoms with E-state index in [0.717, 1.165) is 32.2 Å². The van der Waals surface area contributed by atoms with Gasteiger partial charge in [-0.05, 0) is 37.5 Å². The fourth-order valence-corrected chi connectivity index (χ4v) is 2.78. The van der Waals surface area contributed by atoms with E-state index in [1.54, 1.807) is 4.90 Å². The van der Waals surface area contributed by atoms with Crippen LogP contribution in [0.5, 0.6) is 0 Å². The average Bonchev–Trinajstić information content (AvgIpc) is 2.32. The molecule has 4 heteroatoms. The second kappa shape index (κ2) is 5.60. The summed E-state index contributed by atoms with van der Waals surface area (Å²) in [6.07, 6.45) is 3.97. The van der Waals surface area contributed by atoms with Gasteiger partial charge in [-0.15, -0.1) is 0 Å². The quantitative estimate of drug-likeness (QED) is 0.757. The summed E-state index contributed by atoms with van der Waals surface area (Å²) >= 11 is 0. The van der Waals surface area contributed by atoms with Crippen molar-refractivity contribution in [1.29, 1.82) is 5.26 Å². The number of nitriles is 1. The third kappa shape index (κ3) is 2.77. The number of rotatable bonds is 2. The lowest BCUT2D eigenvalue weighted by atomic mass is 9.79. The third-order valence-electron chi connectivity index (χ3n) is 4.27. The van der Waals surface area contributed by atoms with Crippen LogP contribution in [0.25, 0.3) is 0 Å². The van der Waals surface area contributed by atoms with Crippen LogP contribution in [0.1, 0.15) is 39.5 Å². The van der Waals surface area contributed by atoms with E-state index in [-0.39, 0.29) is 18.1 Å². The first kappa shape index (κ1) is 13.2. The molecule has 0 aromatic rings. The van der Waals surface area contributed by atoms with Crippen LogP contribution < -0.4 is 0 Å². The minimum atomic E-state index is -0.220. The number of hydrogen-bond donors (Lipinski definition) is 0. The summed E-state index contributed by atoms with van der Waals surface area (Å²) in [6.45, 7) is 5.56. The van der Waals surface area contributed by atoms with Crippen LogP contribution >= 0.6 is 0 Å². The Labute approximate surface area is 109 Å². The maximum atomic E-state index is 11.9. The highest BCUT2D eigenvalue weighted by Crippen LogP contribution is 2.30. The summed E-state index contributed by atoms with van der Waals surface area (Å²) in [6, 6.07) is 2.35. The molecule has 18 heavy (non-hydrogen) atoms. The first-order valence-electron chi connectivity index (χ1n) is 6.97.